The second kappa shape index (κ2) is 3.14. The minimum atomic E-state index is 0.595. The quantitative estimate of drug-likeness (QED) is 0.532. The molecule has 0 aromatic carbocycles. The fourth-order valence-electron chi connectivity index (χ4n) is 1.71. The molecule has 2 aliphatic heterocycles. The van der Waals surface area contributed by atoms with Gasteiger partial charge in [-0.3, -0.25) is 0 Å². The maximum Gasteiger partial charge on any atom is 0.0665 e. The zero-order valence-electron chi connectivity index (χ0n) is 6.21. The summed E-state index contributed by atoms with van der Waals surface area (Å²) >= 11 is 2.08. The van der Waals surface area contributed by atoms with Gasteiger partial charge in [0.2, 0.25) is 0 Å². The van der Waals surface area contributed by atoms with E-state index in [-0.39, 0.29) is 0 Å². The summed E-state index contributed by atoms with van der Waals surface area (Å²) in [7, 11) is 0. The second-order valence-corrected chi connectivity index (χ2v) is 4.34. The molecule has 58 valence electrons. The van der Waals surface area contributed by atoms with Crippen LogP contribution in [-0.2, 0) is 4.74 Å². The van der Waals surface area contributed by atoms with Crippen LogP contribution in [0.3, 0.4) is 0 Å². The van der Waals surface area contributed by atoms with Gasteiger partial charge < -0.3 is 4.74 Å². The third-order valence-electron chi connectivity index (χ3n) is 2.43. The molecule has 0 radical (unpaired) electrons. The van der Waals surface area contributed by atoms with Crippen molar-refractivity contribution in [3.63, 3.8) is 0 Å². The van der Waals surface area contributed by atoms with Gasteiger partial charge in [-0.25, -0.2) is 0 Å². The third-order valence-corrected chi connectivity index (χ3v) is 3.75. The van der Waals surface area contributed by atoms with E-state index in [2.05, 4.69) is 11.8 Å². The highest BCUT2D eigenvalue weighted by molar-refractivity contribution is 7.99. The highest BCUT2D eigenvalue weighted by Gasteiger charge is 2.22. The Morgan fingerprint density at radius 3 is 3.10 bits per heavy atom. The molecule has 2 heteroatoms. The lowest BCUT2D eigenvalue weighted by Crippen LogP contribution is -2.15. The van der Waals surface area contributed by atoms with Crippen LogP contribution in [0.5, 0.6) is 0 Å². The lowest BCUT2D eigenvalue weighted by molar-refractivity contribution is 0.0736. The Balaban J connectivity index is 2.01. The van der Waals surface area contributed by atoms with E-state index in [1.807, 2.05) is 0 Å². The molecule has 0 aromatic heterocycles. The van der Waals surface area contributed by atoms with Crippen LogP contribution < -0.4 is 0 Å². The Kier molecular flexibility index (Phi) is 2.19. The van der Waals surface area contributed by atoms with Crippen LogP contribution >= 0.6 is 11.8 Å². The third kappa shape index (κ3) is 1.48. The Bertz CT molecular complexity index is 93.8. The first-order valence-electron chi connectivity index (χ1n) is 4.14. The minimum Gasteiger partial charge on any atom is -0.377 e. The molecule has 0 aromatic rings. The van der Waals surface area contributed by atoms with Crippen molar-refractivity contribution in [2.75, 3.05) is 18.1 Å². The van der Waals surface area contributed by atoms with E-state index in [9.17, 15) is 0 Å². The molecule has 0 spiro atoms. The molecule has 2 fully saturated rings. The van der Waals surface area contributed by atoms with Gasteiger partial charge in [-0.05, 0) is 30.9 Å². The van der Waals surface area contributed by atoms with Crippen molar-refractivity contribution in [1.82, 2.24) is 0 Å². The van der Waals surface area contributed by atoms with Gasteiger partial charge in [-0.1, -0.05) is 0 Å². The molecular formula is C8H14OS. The largest absolute Gasteiger partial charge is 0.377 e. The summed E-state index contributed by atoms with van der Waals surface area (Å²) in [6.45, 7) is 1.02. The predicted molar refractivity (Wildman–Crippen MR) is 44.4 cm³/mol. The first kappa shape index (κ1) is 6.99. The molecule has 2 rings (SSSR count). The van der Waals surface area contributed by atoms with Gasteiger partial charge in [-0.15, -0.1) is 0 Å². The lowest BCUT2D eigenvalue weighted by atomic mass is 10.0. The maximum atomic E-state index is 5.65. The van der Waals surface area contributed by atoms with Crippen LogP contribution in [0.4, 0.5) is 0 Å². The van der Waals surface area contributed by atoms with Gasteiger partial charge in [0.1, 0.15) is 0 Å². The van der Waals surface area contributed by atoms with Crippen molar-refractivity contribution in [2.24, 2.45) is 5.92 Å². The fraction of sp³-hybridized carbons (Fsp3) is 1.00. The van der Waals surface area contributed by atoms with Gasteiger partial charge >= 0.3 is 0 Å². The summed E-state index contributed by atoms with van der Waals surface area (Å²) in [5.41, 5.74) is 0. The van der Waals surface area contributed by atoms with E-state index in [4.69, 9.17) is 4.74 Å². The van der Waals surface area contributed by atoms with Gasteiger partial charge in [-0.2, -0.15) is 11.8 Å². The second-order valence-electron chi connectivity index (χ2n) is 3.26. The number of fused-ring (bicyclic) bond motifs is 3. The minimum absolute atomic E-state index is 0.595. The Morgan fingerprint density at radius 2 is 2.10 bits per heavy atom. The highest BCUT2D eigenvalue weighted by Crippen LogP contribution is 2.29. The van der Waals surface area contributed by atoms with Gasteiger partial charge in [0, 0.05) is 12.4 Å². The van der Waals surface area contributed by atoms with Crippen molar-refractivity contribution in [3.05, 3.63) is 0 Å². The molecule has 2 heterocycles. The number of ether oxygens (including phenoxy) is 1. The first-order valence-corrected chi connectivity index (χ1v) is 5.30. The average molecular weight is 158 g/mol. The van der Waals surface area contributed by atoms with Crippen LogP contribution in [-0.4, -0.2) is 24.2 Å². The van der Waals surface area contributed by atoms with E-state index < -0.39 is 0 Å². The SMILES string of the molecule is C1CC2CCC(CSC2)O1. The lowest BCUT2D eigenvalue weighted by Gasteiger charge is -2.15. The van der Waals surface area contributed by atoms with Gasteiger partial charge in [0.05, 0.1) is 6.10 Å². The van der Waals surface area contributed by atoms with Crippen LogP contribution in [0, 0.1) is 5.92 Å². The van der Waals surface area contributed by atoms with Crippen molar-refractivity contribution in [1.29, 1.82) is 0 Å². The molecule has 10 heavy (non-hydrogen) atoms. The van der Waals surface area contributed by atoms with Crippen molar-refractivity contribution < 1.29 is 4.74 Å². The Hall–Kier alpha value is 0.310. The van der Waals surface area contributed by atoms with E-state index in [0.717, 1.165) is 12.5 Å². The molecule has 1 nitrogen and oxygen atoms in total. The van der Waals surface area contributed by atoms with Crippen molar-refractivity contribution in [2.45, 2.75) is 25.4 Å². The summed E-state index contributed by atoms with van der Waals surface area (Å²) in [4.78, 5) is 0. The Labute approximate surface area is 66.5 Å². The normalized spacial score (nSPS) is 40.8. The molecule has 2 atom stereocenters. The van der Waals surface area contributed by atoms with Gasteiger partial charge in [0.15, 0.2) is 0 Å². The zero-order chi connectivity index (χ0) is 6.81. The molecule has 0 N–H and O–H groups in total. The highest BCUT2D eigenvalue weighted by atomic mass is 32.2. The molecule has 0 aliphatic carbocycles. The standard InChI is InChI=1S/C8H14OS/c1-2-8-6-10-5-7(1)3-4-9-8/h7-8H,1-6H2. The molecule has 2 bridgehead atoms. The average Bonchev–Trinajstić information content (AvgIpc) is 2.17. The Morgan fingerprint density at radius 1 is 1.10 bits per heavy atom. The van der Waals surface area contributed by atoms with Crippen molar-refractivity contribution in [3.8, 4) is 0 Å². The van der Waals surface area contributed by atoms with E-state index in [1.165, 1.54) is 30.8 Å². The number of hydrogen-bond donors (Lipinski definition) is 0. The van der Waals surface area contributed by atoms with E-state index >= 15 is 0 Å². The smallest absolute Gasteiger partial charge is 0.0665 e. The van der Waals surface area contributed by atoms with Crippen LogP contribution in [0.25, 0.3) is 0 Å². The molecule has 0 amide bonds. The topological polar surface area (TPSA) is 9.23 Å². The monoisotopic (exact) mass is 158 g/mol. The van der Waals surface area contributed by atoms with Crippen LogP contribution in [0.15, 0.2) is 0 Å². The van der Waals surface area contributed by atoms with Crippen LogP contribution in [0.2, 0.25) is 0 Å². The van der Waals surface area contributed by atoms with Gasteiger partial charge in [0.25, 0.3) is 0 Å². The summed E-state index contributed by atoms with van der Waals surface area (Å²) < 4.78 is 5.65. The summed E-state index contributed by atoms with van der Waals surface area (Å²) in [6, 6.07) is 0. The molecule has 2 saturated heterocycles. The van der Waals surface area contributed by atoms with E-state index in [1.54, 1.807) is 0 Å². The number of hydrogen-bond acceptors (Lipinski definition) is 2. The van der Waals surface area contributed by atoms with Crippen molar-refractivity contribution >= 4 is 11.8 Å². The fourth-order valence-corrected chi connectivity index (χ4v) is 3.04. The molecule has 0 saturated carbocycles. The van der Waals surface area contributed by atoms with Crippen LogP contribution in [0.1, 0.15) is 19.3 Å². The molecule has 2 unspecified atom stereocenters. The predicted octanol–water partition coefficient (Wildman–Crippen LogP) is 1.92. The molecular weight excluding hydrogens is 144 g/mol. The first-order chi connectivity index (χ1) is 4.95. The molecule has 2 aliphatic rings. The zero-order valence-corrected chi connectivity index (χ0v) is 7.03. The maximum absolute atomic E-state index is 5.65. The summed E-state index contributed by atoms with van der Waals surface area (Å²) in [6.07, 6.45) is 4.64. The number of rotatable bonds is 0. The number of thioether (sulfide) groups is 1. The summed E-state index contributed by atoms with van der Waals surface area (Å²) in [5.74, 6) is 3.61. The van der Waals surface area contributed by atoms with E-state index in [0.29, 0.717) is 6.10 Å². The summed E-state index contributed by atoms with van der Waals surface area (Å²) in [5, 5.41) is 0.